The van der Waals surface area contributed by atoms with Crippen molar-refractivity contribution in [3.8, 4) is 0 Å². The highest BCUT2D eigenvalue weighted by molar-refractivity contribution is 6.33. The average Bonchev–Trinajstić information content (AvgIpc) is 2.66. The lowest BCUT2D eigenvalue weighted by Crippen LogP contribution is -1.95. The van der Waals surface area contributed by atoms with E-state index in [1.54, 1.807) is 12.3 Å². The quantitative estimate of drug-likeness (QED) is 0.769. The molecule has 1 aromatic heterocycles. The van der Waals surface area contributed by atoms with Gasteiger partial charge in [0, 0.05) is 6.42 Å². The van der Waals surface area contributed by atoms with Gasteiger partial charge in [-0.2, -0.15) is 0 Å². The van der Waals surface area contributed by atoms with Crippen molar-refractivity contribution in [3.05, 3.63) is 52.9 Å². The molecule has 0 spiro atoms. The predicted molar refractivity (Wildman–Crippen MR) is 57.4 cm³/mol. The van der Waals surface area contributed by atoms with Crippen LogP contribution in [0.2, 0.25) is 5.02 Å². The minimum atomic E-state index is 0.592. The van der Waals surface area contributed by atoms with Crippen molar-refractivity contribution >= 4 is 17.3 Å². The highest BCUT2D eigenvalue weighted by Gasteiger charge is 2.05. The van der Waals surface area contributed by atoms with E-state index in [-0.39, 0.29) is 0 Å². The first-order valence-electron chi connectivity index (χ1n) is 4.32. The third kappa shape index (κ3) is 1.75. The molecular weight excluding hydrogens is 198 g/mol. The first-order valence-corrected chi connectivity index (χ1v) is 4.70. The summed E-state index contributed by atoms with van der Waals surface area (Å²) in [5.41, 5.74) is 7.45. The fourth-order valence-electron chi connectivity index (χ4n) is 1.34. The molecule has 2 aromatic rings. The molecule has 0 saturated heterocycles. The Balaban J connectivity index is 2.29. The minimum absolute atomic E-state index is 0.592. The number of nitrogens with two attached hydrogens (primary N) is 1. The second kappa shape index (κ2) is 3.76. The monoisotopic (exact) mass is 207 g/mol. The number of nitrogen functional groups attached to an aromatic ring is 1. The average molecular weight is 208 g/mol. The fraction of sp³-hybridized carbons (Fsp3) is 0.0909. The van der Waals surface area contributed by atoms with E-state index in [4.69, 9.17) is 21.8 Å². The first kappa shape index (κ1) is 9.16. The van der Waals surface area contributed by atoms with Crippen molar-refractivity contribution in [2.45, 2.75) is 6.42 Å². The van der Waals surface area contributed by atoms with E-state index in [1.165, 1.54) is 0 Å². The van der Waals surface area contributed by atoms with Crippen molar-refractivity contribution < 1.29 is 4.42 Å². The molecule has 0 amide bonds. The summed E-state index contributed by atoms with van der Waals surface area (Å²) < 4.78 is 5.23. The van der Waals surface area contributed by atoms with Crippen molar-refractivity contribution in [1.29, 1.82) is 0 Å². The molecule has 0 radical (unpaired) electrons. The zero-order valence-electron chi connectivity index (χ0n) is 7.53. The Morgan fingerprint density at radius 2 is 2.07 bits per heavy atom. The summed E-state index contributed by atoms with van der Waals surface area (Å²) in [6.45, 7) is 0. The van der Waals surface area contributed by atoms with Crippen LogP contribution in [-0.4, -0.2) is 0 Å². The van der Waals surface area contributed by atoms with E-state index in [1.807, 2.05) is 24.3 Å². The van der Waals surface area contributed by atoms with Crippen molar-refractivity contribution in [1.82, 2.24) is 0 Å². The molecule has 0 unspecified atom stereocenters. The number of hydrogen-bond acceptors (Lipinski definition) is 2. The van der Waals surface area contributed by atoms with Crippen LogP contribution in [0.15, 0.2) is 41.0 Å². The number of halogens is 1. The zero-order chi connectivity index (χ0) is 9.97. The molecule has 2 rings (SSSR count). The molecule has 0 bridgehead atoms. The van der Waals surface area contributed by atoms with Crippen molar-refractivity contribution in [3.63, 3.8) is 0 Å². The van der Waals surface area contributed by atoms with Crippen LogP contribution in [0.5, 0.6) is 0 Å². The molecule has 72 valence electrons. The van der Waals surface area contributed by atoms with Gasteiger partial charge in [-0.25, -0.2) is 0 Å². The van der Waals surface area contributed by atoms with E-state index < -0.39 is 0 Å². The molecule has 2 N–H and O–H groups in total. The van der Waals surface area contributed by atoms with Crippen LogP contribution in [0.3, 0.4) is 0 Å². The SMILES string of the molecule is Nc1c(Cl)cccc1Cc1ccco1. The first-order chi connectivity index (χ1) is 6.77. The molecular formula is C11H10ClNO. The molecule has 0 aliphatic heterocycles. The van der Waals surface area contributed by atoms with Gasteiger partial charge in [0.05, 0.1) is 17.0 Å². The summed E-state index contributed by atoms with van der Waals surface area (Å²) >= 11 is 5.90. The lowest BCUT2D eigenvalue weighted by molar-refractivity contribution is 0.521. The standard InChI is InChI=1S/C11H10ClNO/c12-10-5-1-3-8(11(10)13)7-9-4-2-6-14-9/h1-6H,7,13H2. The minimum Gasteiger partial charge on any atom is -0.469 e. The Labute approximate surface area is 87.3 Å². The summed E-state index contributed by atoms with van der Waals surface area (Å²) in [4.78, 5) is 0. The zero-order valence-corrected chi connectivity index (χ0v) is 8.29. The van der Waals surface area contributed by atoms with Gasteiger partial charge in [0.25, 0.3) is 0 Å². The van der Waals surface area contributed by atoms with Gasteiger partial charge >= 0.3 is 0 Å². The van der Waals surface area contributed by atoms with Crippen LogP contribution in [0.25, 0.3) is 0 Å². The summed E-state index contributed by atoms with van der Waals surface area (Å²) in [6.07, 6.45) is 2.33. The van der Waals surface area contributed by atoms with Crippen LogP contribution < -0.4 is 5.73 Å². The maximum absolute atomic E-state index is 5.90. The maximum Gasteiger partial charge on any atom is 0.108 e. The molecule has 0 fully saturated rings. The maximum atomic E-state index is 5.90. The van der Waals surface area contributed by atoms with Gasteiger partial charge in [-0.15, -0.1) is 0 Å². The molecule has 1 aromatic carbocycles. The van der Waals surface area contributed by atoms with Gasteiger partial charge in [-0.05, 0) is 23.8 Å². The second-order valence-corrected chi connectivity index (χ2v) is 3.48. The molecule has 2 nitrogen and oxygen atoms in total. The van der Waals surface area contributed by atoms with Crippen LogP contribution in [0.4, 0.5) is 5.69 Å². The molecule has 1 heterocycles. The third-order valence-corrected chi connectivity index (χ3v) is 2.42. The highest BCUT2D eigenvalue weighted by atomic mass is 35.5. The van der Waals surface area contributed by atoms with Gasteiger partial charge < -0.3 is 10.2 Å². The molecule has 0 atom stereocenters. The van der Waals surface area contributed by atoms with Crippen molar-refractivity contribution in [2.24, 2.45) is 0 Å². The Morgan fingerprint density at radius 1 is 1.21 bits per heavy atom. The van der Waals surface area contributed by atoms with Gasteiger partial charge in [0.2, 0.25) is 0 Å². The predicted octanol–water partition coefficient (Wildman–Crippen LogP) is 3.11. The molecule has 3 heteroatoms. The topological polar surface area (TPSA) is 39.2 Å². The highest BCUT2D eigenvalue weighted by Crippen LogP contribution is 2.24. The smallest absolute Gasteiger partial charge is 0.108 e. The Hall–Kier alpha value is -1.41. The lowest BCUT2D eigenvalue weighted by atomic mass is 10.1. The number of benzene rings is 1. The Morgan fingerprint density at radius 3 is 2.79 bits per heavy atom. The van der Waals surface area contributed by atoms with E-state index in [0.717, 1.165) is 11.3 Å². The fourth-order valence-corrected chi connectivity index (χ4v) is 1.53. The summed E-state index contributed by atoms with van der Waals surface area (Å²) in [7, 11) is 0. The Bertz CT molecular complexity index is 423. The largest absolute Gasteiger partial charge is 0.469 e. The van der Waals surface area contributed by atoms with Crippen LogP contribution in [0.1, 0.15) is 11.3 Å². The van der Waals surface area contributed by atoms with E-state index in [9.17, 15) is 0 Å². The molecule has 0 aliphatic rings. The van der Waals surface area contributed by atoms with Crippen molar-refractivity contribution in [2.75, 3.05) is 5.73 Å². The van der Waals surface area contributed by atoms with Crippen LogP contribution in [0, 0.1) is 0 Å². The summed E-state index contributed by atoms with van der Waals surface area (Å²) in [5.74, 6) is 0.888. The number of rotatable bonds is 2. The van der Waals surface area contributed by atoms with Gasteiger partial charge in [0.1, 0.15) is 5.76 Å². The van der Waals surface area contributed by atoms with Gasteiger partial charge in [-0.3, -0.25) is 0 Å². The number of furan rings is 1. The summed E-state index contributed by atoms with van der Waals surface area (Å²) in [6, 6.07) is 9.39. The number of hydrogen-bond donors (Lipinski definition) is 1. The van der Waals surface area contributed by atoms with Crippen LogP contribution >= 0.6 is 11.6 Å². The number of anilines is 1. The van der Waals surface area contributed by atoms with Gasteiger partial charge in [-0.1, -0.05) is 23.7 Å². The number of para-hydroxylation sites is 1. The van der Waals surface area contributed by atoms with E-state index in [2.05, 4.69) is 0 Å². The lowest BCUT2D eigenvalue weighted by Gasteiger charge is -2.04. The van der Waals surface area contributed by atoms with Gasteiger partial charge in [0.15, 0.2) is 0 Å². The molecule has 0 aliphatic carbocycles. The Kier molecular flexibility index (Phi) is 2.46. The van der Waals surface area contributed by atoms with E-state index >= 15 is 0 Å². The summed E-state index contributed by atoms with van der Waals surface area (Å²) in [5, 5.41) is 0.592. The molecule has 14 heavy (non-hydrogen) atoms. The molecule has 0 saturated carbocycles. The normalized spacial score (nSPS) is 10.4. The third-order valence-electron chi connectivity index (χ3n) is 2.09. The second-order valence-electron chi connectivity index (χ2n) is 3.07. The van der Waals surface area contributed by atoms with E-state index in [0.29, 0.717) is 17.1 Å². The van der Waals surface area contributed by atoms with Crippen LogP contribution in [-0.2, 0) is 6.42 Å².